The highest BCUT2D eigenvalue weighted by atomic mass is 35.5. The molecule has 0 aliphatic carbocycles. The average Bonchev–Trinajstić information content (AvgIpc) is 2.28. The van der Waals surface area contributed by atoms with E-state index in [1.165, 1.54) is 0 Å². The lowest BCUT2D eigenvalue weighted by Gasteiger charge is -2.34. The summed E-state index contributed by atoms with van der Waals surface area (Å²) in [5, 5.41) is 9.32. The fourth-order valence-electron chi connectivity index (χ4n) is 1.90. The molecule has 1 saturated heterocycles. The van der Waals surface area contributed by atoms with Crippen molar-refractivity contribution in [3.8, 4) is 0 Å². The molecule has 1 aromatic rings. The van der Waals surface area contributed by atoms with E-state index in [9.17, 15) is 0 Å². The van der Waals surface area contributed by atoms with Gasteiger partial charge in [-0.1, -0.05) is 23.2 Å². The van der Waals surface area contributed by atoms with Crippen LogP contribution in [0.1, 0.15) is 5.56 Å². The molecule has 1 aliphatic rings. The second-order valence-corrected chi connectivity index (χ2v) is 5.17. The summed E-state index contributed by atoms with van der Waals surface area (Å²) in [7, 11) is 2.09. The highest BCUT2D eigenvalue weighted by molar-refractivity contribution is 6.35. The summed E-state index contributed by atoms with van der Waals surface area (Å²) in [4.78, 5) is 4.32. The van der Waals surface area contributed by atoms with Crippen molar-refractivity contribution in [2.75, 3.05) is 33.2 Å². The van der Waals surface area contributed by atoms with Gasteiger partial charge in [0.15, 0.2) is 0 Å². The Morgan fingerprint density at radius 3 is 2.12 bits per heavy atom. The van der Waals surface area contributed by atoms with Crippen LogP contribution in [0, 0.1) is 5.41 Å². The van der Waals surface area contributed by atoms with Crippen LogP contribution in [0.4, 0.5) is 0 Å². The molecule has 0 bridgehead atoms. The van der Waals surface area contributed by atoms with Gasteiger partial charge < -0.3 is 9.80 Å². The van der Waals surface area contributed by atoms with E-state index >= 15 is 0 Å². The summed E-state index contributed by atoms with van der Waals surface area (Å²) >= 11 is 11.9. The van der Waals surface area contributed by atoms with Crippen molar-refractivity contribution in [1.29, 1.82) is 5.41 Å². The Morgan fingerprint density at radius 2 is 1.59 bits per heavy atom. The van der Waals surface area contributed by atoms with Crippen molar-refractivity contribution in [2.24, 2.45) is 0 Å². The van der Waals surface area contributed by atoms with Crippen LogP contribution in [0.25, 0.3) is 0 Å². The molecule has 5 heteroatoms. The summed E-state index contributed by atoms with van der Waals surface area (Å²) in [6, 6.07) is 5.26. The first-order chi connectivity index (χ1) is 8.06. The highest BCUT2D eigenvalue weighted by Crippen LogP contribution is 2.20. The van der Waals surface area contributed by atoms with Crippen LogP contribution in [0.5, 0.6) is 0 Å². The molecule has 92 valence electrons. The number of amidine groups is 1. The van der Waals surface area contributed by atoms with E-state index in [1.807, 2.05) is 0 Å². The number of nitrogens with zero attached hydrogens (tertiary/aromatic N) is 2. The van der Waals surface area contributed by atoms with Crippen molar-refractivity contribution < 1.29 is 0 Å². The van der Waals surface area contributed by atoms with Crippen LogP contribution in [0.3, 0.4) is 0 Å². The number of benzene rings is 1. The third kappa shape index (κ3) is 3.12. The van der Waals surface area contributed by atoms with Gasteiger partial charge >= 0.3 is 0 Å². The maximum absolute atomic E-state index is 8.17. The van der Waals surface area contributed by atoms with Gasteiger partial charge in [-0.15, -0.1) is 0 Å². The molecule has 1 aliphatic heterocycles. The number of nitrogens with one attached hydrogen (secondary N) is 1. The molecule has 1 heterocycles. The first-order valence-electron chi connectivity index (χ1n) is 5.55. The van der Waals surface area contributed by atoms with E-state index in [0.29, 0.717) is 15.9 Å². The zero-order chi connectivity index (χ0) is 12.4. The monoisotopic (exact) mass is 271 g/mol. The lowest BCUT2D eigenvalue weighted by Crippen LogP contribution is -2.47. The summed E-state index contributed by atoms with van der Waals surface area (Å²) in [5.41, 5.74) is 0.784. The van der Waals surface area contributed by atoms with E-state index in [0.717, 1.165) is 31.7 Å². The fraction of sp³-hybridized carbons (Fsp3) is 0.417. The van der Waals surface area contributed by atoms with E-state index in [2.05, 4.69) is 16.8 Å². The molecular weight excluding hydrogens is 257 g/mol. The van der Waals surface area contributed by atoms with Crippen LogP contribution in [-0.2, 0) is 0 Å². The van der Waals surface area contributed by atoms with Gasteiger partial charge in [0.1, 0.15) is 5.84 Å². The Balaban J connectivity index is 2.14. The van der Waals surface area contributed by atoms with E-state index in [1.54, 1.807) is 18.2 Å². The Kier molecular flexibility index (Phi) is 3.92. The van der Waals surface area contributed by atoms with Crippen molar-refractivity contribution >= 4 is 29.0 Å². The molecule has 1 N–H and O–H groups in total. The molecule has 0 amide bonds. The van der Waals surface area contributed by atoms with Gasteiger partial charge in [0.2, 0.25) is 0 Å². The van der Waals surface area contributed by atoms with Gasteiger partial charge in [0, 0.05) is 41.8 Å². The Labute approximate surface area is 111 Å². The van der Waals surface area contributed by atoms with Crippen molar-refractivity contribution in [1.82, 2.24) is 9.80 Å². The zero-order valence-electron chi connectivity index (χ0n) is 9.71. The van der Waals surface area contributed by atoms with Gasteiger partial charge in [-0.25, -0.2) is 0 Å². The molecule has 0 saturated carbocycles. The predicted molar refractivity (Wildman–Crippen MR) is 72.4 cm³/mol. The smallest absolute Gasteiger partial charge is 0.128 e. The van der Waals surface area contributed by atoms with Crippen LogP contribution < -0.4 is 0 Å². The number of likely N-dealkylation sites (N-methyl/N-ethyl adjacent to an activating group) is 1. The molecule has 0 atom stereocenters. The first-order valence-corrected chi connectivity index (χ1v) is 6.30. The molecule has 1 aromatic carbocycles. The molecular formula is C12H15Cl2N3. The first kappa shape index (κ1) is 12.7. The summed E-state index contributed by atoms with van der Waals surface area (Å²) in [6.45, 7) is 3.71. The van der Waals surface area contributed by atoms with Gasteiger partial charge in [-0.3, -0.25) is 5.41 Å². The standard InChI is InChI=1S/C12H15Cl2N3/c1-16-2-4-17(5-3-16)12(15)9-6-10(13)8-11(14)7-9/h6-8,15H,2-5H2,1H3. The van der Waals surface area contributed by atoms with E-state index in [-0.39, 0.29) is 0 Å². The summed E-state index contributed by atoms with van der Waals surface area (Å²) in [5.74, 6) is 0.502. The van der Waals surface area contributed by atoms with Crippen LogP contribution >= 0.6 is 23.2 Å². The lowest BCUT2D eigenvalue weighted by molar-refractivity contribution is 0.215. The predicted octanol–water partition coefficient (Wildman–Crippen LogP) is 2.57. The normalized spacial score (nSPS) is 17.2. The quantitative estimate of drug-likeness (QED) is 0.629. The molecule has 0 aromatic heterocycles. The summed E-state index contributed by atoms with van der Waals surface area (Å²) in [6.07, 6.45) is 0. The molecule has 0 spiro atoms. The summed E-state index contributed by atoms with van der Waals surface area (Å²) < 4.78 is 0. The molecule has 2 rings (SSSR count). The molecule has 3 nitrogen and oxygen atoms in total. The molecule has 0 unspecified atom stereocenters. The zero-order valence-corrected chi connectivity index (χ0v) is 11.2. The minimum absolute atomic E-state index is 0.502. The Hall–Kier alpha value is -0.770. The SMILES string of the molecule is CN1CCN(C(=N)c2cc(Cl)cc(Cl)c2)CC1. The van der Waals surface area contributed by atoms with Crippen molar-refractivity contribution in [2.45, 2.75) is 0 Å². The number of hydrogen-bond acceptors (Lipinski definition) is 2. The van der Waals surface area contributed by atoms with Crippen molar-refractivity contribution in [3.63, 3.8) is 0 Å². The third-order valence-corrected chi connectivity index (χ3v) is 3.39. The Bertz CT molecular complexity index is 406. The minimum Gasteiger partial charge on any atom is -0.354 e. The second-order valence-electron chi connectivity index (χ2n) is 4.30. The largest absolute Gasteiger partial charge is 0.354 e. The minimum atomic E-state index is 0.502. The molecule has 17 heavy (non-hydrogen) atoms. The average molecular weight is 272 g/mol. The topological polar surface area (TPSA) is 30.3 Å². The maximum Gasteiger partial charge on any atom is 0.128 e. The number of piperazine rings is 1. The fourth-order valence-corrected chi connectivity index (χ4v) is 2.43. The van der Waals surface area contributed by atoms with E-state index in [4.69, 9.17) is 28.6 Å². The van der Waals surface area contributed by atoms with Crippen LogP contribution in [0.15, 0.2) is 18.2 Å². The molecule has 0 radical (unpaired) electrons. The van der Waals surface area contributed by atoms with Crippen LogP contribution in [0.2, 0.25) is 10.0 Å². The van der Waals surface area contributed by atoms with Gasteiger partial charge in [-0.05, 0) is 25.2 Å². The number of hydrogen-bond donors (Lipinski definition) is 1. The highest BCUT2D eigenvalue weighted by Gasteiger charge is 2.18. The second kappa shape index (κ2) is 5.25. The van der Waals surface area contributed by atoms with Gasteiger partial charge in [-0.2, -0.15) is 0 Å². The van der Waals surface area contributed by atoms with E-state index < -0.39 is 0 Å². The number of halogens is 2. The molecule has 1 fully saturated rings. The Morgan fingerprint density at radius 1 is 1.06 bits per heavy atom. The van der Waals surface area contributed by atoms with Crippen LogP contribution in [-0.4, -0.2) is 48.9 Å². The van der Waals surface area contributed by atoms with Gasteiger partial charge in [0.25, 0.3) is 0 Å². The maximum atomic E-state index is 8.17. The van der Waals surface area contributed by atoms with Gasteiger partial charge in [0.05, 0.1) is 0 Å². The lowest BCUT2D eigenvalue weighted by atomic mass is 10.1. The number of rotatable bonds is 1. The third-order valence-electron chi connectivity index (χ3n) is 2.96. The van der Waals surface area contributed by atoms with Crippen molar-refractivity contribution in [3.05, 3.63) is 33.8 Å².